The van der Waals surface area contributed by atoms with Crippen LogP contribution in [-0.2, 0) is 9.59 Å². The van der Waals surface area contributed by atoms with Crippen LogP contribution in [0.25, 0.3) is 0 Å². The van der Waals surface area contributed by atoms with Crippen LogP contribution in [0.5, 0.6) is 0 Å². The number of hydrogen-bond acceptors (Lipinski definition) is 5. The van der Waals surface area contributed by atoms with E-state index in [0.717, 1.165) is 10.5 Å². The van der Waals surface area contributed by atoms with Crippen molar-refractivity contribution in [2.24, 2.45) is 0 Å². The van der Waals surface area contributed by atoms with E-state index in [2.05, 4.69) is 15.8 Å². The Balaban J connectivity index is 1.66. The number of nitrogens with one attached hydrogen (secondary N) is 2. The van der Waals surface area contributed by atoms with Gasteiger partial charge in [-0.15, -0.1) is 0 Å². The van der Waals surface area contributed by atoms with Gasteiger partial charge in [0.25, 0.3) is 11.8 Å². The van der Waals surface area contributed by atoms with Gasteiger partial charge in [0.15, 0.2) is 0 Å². The zero-order valence-corrected chi connectivity index (χ0v) is 13.0. The van der Waals surface area contributed by atoms with Gasteiger partial charge in [-0.2, -0.15) is 0 Å². The molecule has 7 nitrogen and oxygen atoms in total. The first kappa shape index (κ1) is 15.8. The monoisotopic (exact) mass is 324 g/mol. The first-order valence-corrected chi connectivity index (χ1v) is 7.45. The van der Waals surface area contributed by atoms with E-state index < -0.39 is 11.9 Å². The lowest BCUT2D eigenvalue weighted by molar-refractivity contribution is -0.121. The molecular weight excluding hydrogens is 308 g/mol. The summed E-state index contributed by atoms with van der Waals surface area (Å²) in [6.45, 7) is 1.93. The van der Waals surface area contributed by atoms with E-state index in [1.165, 1.54) is 12.4 Å². The van der Waals surface area contributed by atoms with E-state index in [4.69, 9.17) is 0 Å². The van der Waals surface area contributed by atoms with Crippen molar-refractivity contribution in [2.45, 2.75) is 19.4 Å². The first-order chi connectivity index (χ1) is 11.6. The largest absolute Gasteiger partial charge is 0.287 e. The fraction of sp³-hybridized carbons (Fsp3) is 0.176. The van der Waals surface area contributed by atoms with Crippen LogP contribution in [0.1, 0.15) is 22.3 Å². The van der Waals surface area contributed by atoms with E-state index in [0.29, 0.717) is 11.3 Å². The zero-order chi connectivity index (χ0) is 17.1. The first-order valence-electron chi connectivity index (χ1n) is 7.45. The van der Waals surface area contributed by atoms with Gasteiger partial charge in [0.05, 0.1) is 12.1 Å². The maximum absolute atomic E-state index is 12.4. The number of imide groups is 1. The number of nitrogens with zero attached hydrogens (tertiary/aromatic N) is 2. The van der Waals surface area contributed by atoms with Gasteiger partial charge >= 0.3 is 0 Å². The molecule has 7 heteroatoms. The predicted octanol–water partition coefficient (Wildman–Crippen LogP) is 0.957. The highest BCUT2D eigenvalue weighted by Gasteiger charge is 2.39. The van der Waals surface area contributed by atoms with Crippen LogP contribution in [0.4, 0.5) is 5.69 Å². The van der Waals surface area contributed by atoms with Crippen molar-refractivity contribution in [3.05, 3.63) is 59.9 Å². The van der Waals surface area contributed by atoms with Crippen molar-refractivity contribution in [3.8, 4) is 0 Å². The summed E-state index contributed by atoms with van der Waals surface area (Å²) in [6, 6.07) is 9.44. The third-order valence-corrected chi connectivity index (χ3v) is 3.74. The number of benzene rings is 1. The normalized spacial score (nSPS) is 17.2. The van der Waals surface area contributed by atoms with E-state index in [1.807, 2.05) is 19.1 Å². The van der Waals surface area contributed by atoms with Gasteiger partial charge in [-0.25, -0.2) is 10.3 Å². The van der Waals surface area contributed by atoms with Crippen molar-refractivity contribution in [1.29, 1.82) is 0 Å². The van der Waals surface area contributed by atoms with Crippen molar-refractivity contribution in [1.82, 2.24) is 15.8 Å². The molecular formula is C17H16N4O3. The lowest BCUT2D eigenvalue weighted by Gasteiger charge is -2.16. The second-order valence-electron chi connectivity index (χ2n) is 5.49. The molecule has 0 bridgehead atoms. The van der Waals surface area contributed by atoms with Crippen LogP contribution in [0, 0.1) is 6.92 Å². The van der Waals surface area contributed by atoms with Gasteiger partial charge in [-0.3, -0.25) is 24.8 Å². The summed E-state index contributed by atoms with van der Waals surface area (Å²) in [5.41, 5.74) is 7.07. The molecule has 1 saturated heterocycles. The summed E-state index contributed by atoms with van der Waals surface area (Å²) in [6.07, 6.45) is 2.99. The Bertz CT molecular complexity index is 774. The van der Waals surface area contributed by atoms with Crippen molar-refractivity contribution in [2.75, 3.05) is 4.90 Å². The molecule has 1 aromatic carbocycles. The Morgan fingerprint density at radius 1 is 1.12 bits per heavy atom. The minimum absolute atomic E-state index is 0.0106. The van der Waals surface area contributed by atoms with Crippen LogP contribution >= 0.6 is 0 Å². The number of amides is 3. The van der Waals surface area contributed by atoms with Crippen LogP contribution in [0.3, 0.4) is 0 Å². The highest BCUT2D eigenvalue weighted by atomic mass is 16.2. The average Bonchev–Trinajstić information content (AvgIpc) is 2.88. The predicted molar refractivity (Wildman–Crippen MR) is 86.9 cm³/mol. The molecule has 1 aliphatic rings. The van der Waals surface area contributed by atoms with Crippen molar-refractivity contribution >= 4 is 23.4 Å². The third-order valence-electron chi connectivity index (χ3n) is 3.74. The summed E-state index contributed by atoms with van der Waals surface area (Å²) < 4.78 is 0. The van der Waals surface area contributed by atoms with Crippen LogP contribution in [0.15, 0.2) is 48.8 Å². The molecule has 2 N–H and O–H groups in total. The summed E-state index contributed by atoms with van der Waals surface area (Å²) in [4.78, 5) is 41.5. The molecule has 1 fully saturated rings. The fourth-order valence-corrected chi connectivity index (χ4v) is 2.44. The Labute approximate surface area is 138 Å². The molecule has 122 valence electrons. The standard InChI is InChI=1S/C17H16N4O3/c1-11-2-4-13(5-3-11)21-15(22)10-14(17(21)24)19-20-16(23)12-6-8-18-9-7-12/h2-9,14,19H,10H2,1H3,(H,20,23)/t14-/m1/s1. The summed E-state index contributed by atoms with van der Waals surface area (Å²) in [5.74, 6) is -1.09. The number of anilines is 1. The van der Waals surface area contributed by atoms with E-state index >= 15 is 0 Å². The maximum atomic E-state index is 12.4. The quantitative estimate of drug-likeness (QED) is 0.645. The maximum Gasteiger partial charge on any atom is 0.265 e. The molecule has 0 saturated carbocycles. The molecule has 3 rings (SSSR count). The molecule has 0 radical (unpaired) electrons. The topological polar surface area (TPSA) is 91.4 Å². The van der Waals surface area contributed by atoms with Crippen LogP contribution in [-0.4, -0.2) is 28.7 Å². The molecule has 24 heavy (non-hydrogen) atoms. The lowest BCUT2D eigenvalue weighted by Crippen LogP contribution is -2.48. The molecule has 0 aliphatic carbocycles. The summed E-state index contributed by atoms with van der Waals surface area (Å²) in [7, 11) is 0. The fourth-order valence-electron chi connectivity index (χ4n) is 2.44. The SMILES string of the molecule is Cc1ccc(N2C(=O)C[C@@H](NNC(=O)c3ccncc3)C2=O)cc1. The van der Waals surface area contributed by atoms with Gasteiger partial charge in [0, 0.05) is 18.0 Å². The molecule has 0 spiro atoms. The molecule has 2 aromatic rings. The average molecular weight is 324 g/mol. The van der Waals surface area contributed by atoms with Crippen LogP contribution < -0.4 is 15.8 Å². The lowest BCUT2D eigenvalue weighted by atomic mass is 10.2. The molecule has 1 aliphatic heterocycles. The Kier molecular flexibility index (Phi) is 4.35. The van der Waals surface area contributed by atoms with Crippen molar-refractivity contribution in [3.63, 3.8) is 0 Å². The molecule has 2 heterocycles. The Morgan fingerprint density at radius 2 is 1.79 bits per heavy atom. The number of carbonyl (C=O) groups excluding carboxylic acids is 3. The van der Waals surface area contributed by atoms with E-state index in [1.54, 1.807) is 24.3 Å². The third kappa shape index (κ3) is 3.16. The summed E-state index contributed by atoms with van der Waals surface area (Å²) in [5, 5.41) is 0. The zero-order valence-electron chi connectivity index (χ0n) is 13.0. The molecule has 1 aromatic heterocycles. The van der Waals surface area contributed by atoms with E-state index in [9.17, 15) is 14.4 Å². The number of rotatable bonds is 4. The number of carbonyl (C=O) groups is 3. The number of aryl methyl sites for hydroxylation is 1. The van der Waals surface area contributed by atoms with Crippen molar-refractivity contribution < 1.29 is 14.4 Å². The second kappa shape index (κ2) is 6.59. The Morgan fingerprint density at radius 3 is 2.46 bits per heavy atom. The second-order valence-corrected chi connectivity index (χ2v) is 5.49. The molecule has 0 unspecified atom stereocenters. The van der Waals surface area contributed by atoms with Gasteiger partial charge in [0.2, 0.25) is 5.91 Å². The minimum Gasteiger partial charge on any atom is -0.287 e. The molecule has 3 amide bonds. The van der Waals surface area contributed by atoms with Gasteiger partial charge < -0.3 is 0 Å². The number of aromatic nitrogens is 1. The number of hydrazine groups is 1. The van der Waals surface area contributed by atoms with E-state index in [-0.39, 0.29) is 18.2 Å². The Hall–Kier alpha value is -3.06. The van der Waals surface area contributed by atoms with Crippen LogP contribution in [0.2, 0.25) is 0 Å². The summed E-state index contributed by atoms with van der Waals surface area (Å²) >= 11 is 0. The highest BCUT2D eigenvalue weighted by molar-refractivity contribution is 6.22. The van der Waals surface area contributed by atoms with Gasteiger partial charge in [-0.05, 0) is 31.2 Å². The van der Waals surface area contributed by atoms with Gasteiger partial charge in [0.1, 0.15) is 6.04 Å². The minimum atomic E-state index is -0.787. The highest BCUT2D eigenvalue weighted by Crippen LogP contribution is 2.22. The smallest absolute Gasteiger partial charge is 0.265 e. The number of hydrogen-bond donors (Lipinski definition) is 2. The van der Waals surface area contributed by atoms with Gasteiger partial charge in [-0.1, -0.05) is 17.7 Å². The number of pyridine rings is 1. The molecule has 1 atom stereocenters.